The summed E-state index contributed by atoms with van der Waals surface area (Å²) in [6.45, 7) is 4.18. The number of aldehydes is 1. The number of benzene rings is 4. The van der Waals surface area contributed by atoms with Crippen LogP contribution in [0.5, 0.6) is 0 Å². The van der Waals surface area contributed by atoms with Gasteiger partial charge in [0.1, 0.15) is 12.1 Å². The van der Waals surface area contributed by atoms with E-state index >= 15 is 0 Å². The molecule has 5 aromatic rings. The Morgan fingerprint density at radius 1 is 0.692 bits per heavy atom. The topological polar surface area (TPSA) is 98.4 Å². The van der Waals surface area contributed by atoms with Gasteiger partial charge in [0.15, 0.2) is 0 Å². The molecule has 39 heavy (non-hydrogen) atoms. The van der Waals surface area contributed by atoms with Gasteiger partial charge in [0.2, 0.25) is 0 Å². The summed E-state index contributed by atoms with van der Waals surface area (Å²) in [4.78, 5) is 43.8. The molecule has 0 saturated heterocycles. The van der Waals surface area contributed by atoms with Crippen molar-refractivity contribution in [2.24, 2.45) is 0 Å². The molecule has 7 heteroatoms. The third kappa shape index (κ3) is 5.20. The van der Waals surface area contributed by atoms with E-state index in [0.717, 1.165) is 45.1 Å². The number of carbonyl (C=O) groups excluding carboxylic acids is 3. The maximum absolute atomic E-state index is 12.1. The van der Waals surface area contributed by atoms with E-state index in [0.29, 0.717) is 35.7 Å². The fraction of sp³-hybridized carbons (Fsp3) is 0.125. The number of H-pyrrole nitrogens is 1. The molecule has 0 saturated carbocycles. The summed E-state index contributed by atoms with van der Waals surface area (Å²) in [5.74, 6) is -0.0718. The molecule has 1 heterocycles. The van der Waals surface area contributed by atoms with Crippen molar-refractivity contribution in [1.29, 1.82) is 0 Å². The lowest BCUT2D eigenvalue weighted by atomic mass is 9.97. The predicted molar refractivity (Wildman–Crippen MR) is 150 cm³/mol. The average Bonchev–Trinajstić information content (AvgIpc) is 3.43. The van der Waals surface area contributed by atoms with E-state index < -0.39 is 0 Å². The maximum Gasteiger partial charge on any atom is 0.338 e. The van der Waals surface area contributed by atoms with Crippen molar-refractivity contribution >= 4 is 29.3 Å². The first-order valence-corrected chi connectivity index (χ1v) is 12.7. The number of hydrogen-bond acceptors (Lipinski definition) is 6. The monoisotopic (exact) mass is 518 g/mol. The molecule has 0 atom stereocenters. The smallest absolute Gasteiger partial charge is 0.338 e. The van der Waals surface area contributed by atoms with Gasteiger partial charge in [-0.2, -0.15) is 0 Å². The minimum Gasteiger partial charge on any atom is -0.462 e. The number of ether oxygens (including phenoxy) is 2. The quantitative estimate of drug-likeness (QED) is 0.181. The molecule has 1 N–H and O–H groups in total. The second-order valence-electron chi connectivity index (χ2n) is 8.81. The lowest BCUT2D eigenvalue weighted by molar-refractivity contribution is 0.0517. The Bertz CT molecular complexity index is 1550. The van der Waals surface area contributed by atoms with Crippen molar-refractivity contribution in [2.45, 2.75) is 13.8 Å². The summed E-state index contributed by atoms with van der Waals surface area (Å²) in [5, 5.41) is 0. The minimum atomic E-state index is -0.364. The number of nitrogens with one attached hydrogen (secondary N) is 1. The highest BCUT2D eigenvalue weighted by molar-refractivity contribution is 6.03. The second-order valence-corrected chi connectivity index (χ2v) is 8.81. The first-order chi connectivity index (χ1) is 19.0. The molecule has 1 aromatic heterocycles. The lowest BCUT2D eigenvalue weighted by Gasteiger charge is -2.09. The van der Waals surface area contributed by atoms with Crippen LogP contribution in [0.15, 0.2) is 84.9 Å². The van der Waals surface area contributed by atoms with Crippen LogP contribution >= 0.6 is 0 Å². The van der Waals surface area contributed by atoms with Crippen LogP contribution in [-0.4, -0.2) is 41.4 Å². The fourth-order valence-electron chi connectivity index (χ4n) is 4.42. The van der Waals surface area contributed by atoms with Gasteiger partial charge in [-0.15, -0.1) is 0 Å². The van der Waals surface area contributed by atoms with E-state index in [1.807, 2.05) is 48.5 Å². The van der Waals surface area contributed by atoms with Gasteiger partial charge in [0.25, 0.3) is 0 Å². The molecule has 0 unspecified atom stereocenters. The number of nitrogens with zero attached hydrogens (tertiary/aromatic N) is 1. The molecule has 0 aliphatic heterocycles. The Balaban J connectivity index is 1.62. The van der Waals surface area contributed by atoms with E-state index in [9.17, 15) is 14.4 Å². The van der Waals surface area contributed by atoms with Crippen molar-refractivity contribution in [3.63, 3.8) is 0 Å². The summed E-state index contributed by atoms with van der Waals surface area (Å²) in [6, 6.07) is 25.7. The predicted octanol–water partition coefficient (Wildman–Crippen LogP) is 6.73. The molecule has 0 aliphatic rings. The standard InChI is InChI=1S/C32H26N2O5/c1-3-38-31(36)24-13-9-21(10-14-24)26-17-18-27(22-11-15-25(16-12-22)32(37)39-4-2)29-28(26)33-30(34-29)23-7-5-20(19-35)6-8-23/h5-19H,3-4H2,1-2H3,(H,33,34). The van der Waals surface area contributed by atoms with Crippen molar-refractivity contribution in [3.05, 3.63) is 102 Å². The van der Waals surface area contributed by atoms with Gasteiger partial charge in [-0.25, -0.2) is 14.6 Å². The van der Waals surface area contributed by atoms with Crippen LogP contribution < -0.4 is 0 Å². The molecule has 7 nitrogen and oxygen atoms in total. The van der Waals surface area contributed by atoms with E-state index in [1.54, 1.807) is 50.2 Å². The molecule has 0 bridgehead atoms. The zero-order valence-corrected chi connectivity index (χ0v) is 21.6. The van der Waals surface area contributed by atoms with Gasteiger partial charge in [0, 0.05) is 22.3 Å². The Morgan fingerprint density at radius 2 is 1.18 bits per heavy atom. The average molecular weight is 519 g/mol. The molecular formula is C32H26N2O5. The number of aromatic amines is 1. The van der Waals surface area contributed by atoms with Crippen LogP contribution in [0, 0.1) is 0 Å². The van der Waals surface area contributed by atoms with Gasteiger partial charge >= 0.3 is 11.9 Å². The van der Waals surface area contributed by atoms with Crippen molar-refractivity contribution in [1.82, 2.24) is 9.97 Å². The number of rotatable bonds is 8. The van der Waals surface area contributed by atoms with E-state index in [4.69, 9.17) is 14.5 Å². The molecule has 0 spiro atoms. The number of fused-ring (bicyclic) bond motifs is 1. The van der Waals surface area contributed by atoms with Gasteiger partial charge in [-0.3, -0.25) is 4.79 Å². The first-order valence-electron chi connectivity index (χ1n) is 12.7. The van der Waals surface area contributed by atoms with Crippen LogP contribution in [0.3, 0.4) is 0 Å². The fourth-order valence-corrected chi connectivity index (χ4v) is 4.42. The summed E-state index contributed by atoms with van der Waals surface area (Å²) in [7, 11) is 0. The van der Waals surface area contributed by atoms with Crippen molar-refractivity contribution < 1.29 is 23.9 Å². The third-order valence-corrected chi connectivity index (χ3v) is 6.38. The molecule has 0 fully saturated rings. The van der Waals surface area contributed by atoms with Crippen molar-refractivity contribution in [3.8, 4) is 33.6 Å². The molecule has 194 valence electrons. The maximum atomic E-state index is 12.1. The molecule has 0 amide bonds. The van der Waals surface area contributed by atoms with E-state index in [1.165, 1.54) is 0 Å². The summed E-state index contributed by atoms with van der Waals surface area (Å²) >= 11 is 0. The highest BCUT2D eigenvalue weighted by atomic mass is 16.5. The van der Waals surface area contributed by atoms with Gasteiger partial charge in [-0.05, 0) is 49.2 Å². The van der Waals surface area contributed by atoms with E-state index in [2.05, 4.69) is 4.98 Å². The third-order valence-electron chi connectivity index (χ3n) is 6.38. The summed E-state index contributed by atoms with van der Waals surface area (Å²) in [5.41, 5.74) is 7.55. The summed E-state index contributed by atoms with van der Waals surface area (Å²) in [6.07, 6.45) is 0.804. The van der Waals surface area contributed by atoms with Gasteiger partial charge in [-0.1, -0.05) is 60.7 Å². The zero-order valence-electron chi connectivity index (χ0n) is 21.6. The largest absolute Gasteiger partial charge is 0.462 e. The van der Waals surface area contributed by atoms with Gasteiger partial charge < -0.3 is 14.5 Å². The number of esters is 2. The highest BCUT2D eigenvalue weighted by Gasteiger charge is 2.17. The van der Waals surface area contributed by atoms with Gasteiger partial charge in [0.05, 0.1) is 35.4 Å². The minimum absolute atomic E-state index is 0.313. The van der Waals surface area contributed by atoms with Crippen LogP contribution in [0.1, 0.15) is 44.9 Å². The van der Waals surface area contributed by atoms with E-state index in [-0.39, 0.29) is 11.9 Å². The Morgan fingerprint density at radius 3 is 1.69 bits per heavy atom. The SMILES string of the molecule is CCOC(=O)c1ccc(-c2ccc(-c3ccc(C(=O)OCC)cc3)c3[nH]c(-c4ccc(C=O)cc4)nc23)cc1. The Labute approximate surface area is 225 Å². The Hall–Kier alpha value is -5.04. The summed E-state index contributed by atoms with van der Waals surface area (Å²) < 4.78 is 10.2. The first kappa shape index (κ1) is 25.6. The Kier molecular flexibility index (Phi) is 7.32. The van der Waals surface area contributed by atoms with Crippen LogP contribution in [0.25, 0.3) is 44.7 Å². The highest BCUT2D eigenvalue weighted by Crippen LogP contribution is 2.36. The number of hydrogen-bond donors (Lipinski definition) is 1. The molecular weight excluding hydrogens is 492 g/mol. The molecule has 0 aliphatic carbocycles. The zero-order chi connectivity index (χ0) is 27.4. The molecule has 4 aromatic carbocycles. The lowest BCUT2D eigenvalue weighted by Crippen LogP contribution is -2.04. The number of imidazole rings is 1. The normalized spacial score (nSPS) is 10.8. The second kappa shape index (κ2) is 11.1. The van der Waals surface area contributed by atoms with Crippen LogP contribution in [0.4, 0.5) is 0 Å². The van der Waals surface area contributed by atoms with Crippen molar-refractivity contribution in [2.75, 3.05) is 13.2 Å². The number of carbonyl (C=O) groups is 3. The molecule has 0 radical (unpaired) electrons. The number of aromatic nitrogens is 2. The molecule has 5 rings (SSSR count). The van der Waals surface area contributed by atoms with Crippen LogP contribution in [0.2, 0.25) is 0 Å². The van der Waals surface area contributed by atoms with Crippen LogP contribution in [-0.2, 0) is 9.47 Å².